The van der Waals surface area contributed by atoms with Crippen molar-refractivity contribution >= 4 is 45.7 Å². The van der Waals surface area contributed by atoms with Crippen molar-refractivity contribution in [3.05, 3.63) is 117 Å². The van der Waals surface area contributed by atoms with E-state index < -0.39 is 17.8 Å². The minimum Gasteiger partial charge on any atom is -0.494 e. The fraction of sp³-hybridized carbons (Fsp3) is 0.0370. The van der Waals surface area contributed by atoms with E-state index in [4.69, 9.17) is 16.3 Å². The molecular weight excluding hydrogens is 470 g/mol. The van der Waals surface area contributed by atoms with E-state index in [1.165, 1.54) is 4.88 Å². The van der Waals surface area contributed by atoms with Crippen molar-refractivity contribution in [3.63, 3.8) is 0 Å². The number of aromatic hydroxyl groups is 1. The van der Waals surface area contributed by atoms with Gasteiger partial charge in [0.1, 0.15) is 5.75 Å². The maximum absolute atomic E-state index is 13.6. The molecule has 1 N–H and O–H groups in total. The predicted octanol–water partition coefficient (Wildman–Crippen LogP) is 6.93. The lowest BCUT2D eigenvalue weighted by molar-refractivity contribution is 0.103. The van der Waals surface area contributed by atoms with Crippen molar-refractivity contribution in [3.8, 4) is 11.6 Å². The van der Waals surface area contributed by atoms with Crippen LogP contribution >= 0.6 is 22.9 Å². The van der Waals surface area contributed by atoms with E-state index >= 15 is 0 Å². The number of carbonyl (C=O) groups excluding carboxylic acids is 2. The Bertz CT molecular complexity index is 1510. The standard InChI is InChI=1S/C27H18ClNO4S/c28-19-11-12-23-22(16-19)24(26(31)29(23)27(32)33-20-8-2-1-3-9-20)25(30)18-7-4-6-17(14-18)15-21-10-5-13-34-21/h1-14,16,31H,15H2. The zero-order chi connectivity index (χ0) is 23.7. The Kier molecular flexibility index (Phi) is 5.92. The Morgan fingerprint density at radius 3 is 2.53 bits per heavy atom. The topological polar surface area (TPSA) is 68.5 Å². The largest absolute Gasteiger partial charge is 0.494 e. The van der Waals surface area contributed by atoms with Crippen LogP contribution in [0.4, 0.5) is 4.79 Å². The second kappa shape index (κ2) is 9.17. The molecule has 2 aromatic heterocycles. The summed E-state index contributed by atoms with van der Waals surface area (Å²) < 4.78 is 6.40. The Morgan fingerprint density at radius 1 is 0.941 bits per heavy atom. The third-order valence-corrected chi connectivity index (χ3v) is 6.52. The summed E-state index contributed by atoms with van der Waals surface area (Å²) in [7, 11) is 0. The van der Waals surface area contributed by atoms with Gasteiger partial charge >= 0.3 is 6.09 Å². The Balaban J connectivity index is 1.57. The van der Waals surface area contributed by atoms with Gasteiger partial charge in [-0.15, -0.1) is 11.3 Å². The zero-order valence-corrected chi connectivity index (χ0v) is 19.3. The van der Waals surface area contributed by atoms with Crippen LogP contribution in [0.5, 0.6) is 11.6 Å². The molecule has 0 aliphatic rings. The van der Waals surface area contributed by atoms with E-state index in [-0.39, 0.29) is 5.56 Å². The number of aromatic nitrogens is 1. The normalized spacial score (nSPS) is 11.0. The molecule has 5 rings (SSSR count). The van der Waals surface area contributed by atoms with E-state index in [1.807, 2.05) is 29.6 Å². The third-order valence-electron chi connectivity index (χ3n) is 5.41. The molecule has 34 heavy (non-hydrogen) atoms. The first kappa shape index (κ1) is 21.9. The minimum atomic E-state index is -0.832. The molecule has 0 aliphatic carbocycles. The van der Waals surface area contributed by atoms with E-state index in [9.17, 15) is 14.7 Å². The average Bonchev–Trinajstić information content (AvgIpc) is 3.44. The Labute approximate surface area is 204 Å². The fourth-order valence-electron chi connectivity index (χ4n) is 3.87. The monoisotopic (exact) mass is 487 g/mol. The maximum Gasteiger partial charge on any atom is 0.426 e. The number of hydrogen-bond acceptors (Lipinski definition) is 5. The van der Waals surface area contributed by atoms with E-state index in [1.54, 1.807) is 72.0 Å². The summed E-state index contributed by atoms with van der Waals surface area (Å²) in [5.41, 5.74) is 1.69. The summed E-state index contributed by atoms with van der Waals surface area (Å²) in [4.78, 5) is 27.7. The molecular formula is C27H18ClNO4S. The maximum atomic E-state index is 13.6. The minimum absolute atomic E-state index is 0.00390. The predicted molar refractivity (Wildman–Crippen MR) is 133 cm³/mol. The van der Waals surface area contributed by atoms with Gasteiger partial charge in [-0.25, -0.2) is 9.36 Å². The van der Waals surface area contributed by atoms with Gasteiger partial charge in [0, 0.05) is 27.3 Å². The van der Waals surface area contributed by atoms with Crippen molar-refractivity contribution in [2.75, 3.05) is 0 Å². The molecule has 0 amide bonds. The van der Waals surface area contributed by atoms with Crippen LogP contribution in [0.1, 0.15) is 26.4 Å². The van der Waals surface area contributed by atoms with Crippen LogP contribution in [0.15, 0.2) is 90.3 Å². The van der Waals surface area contributed by atoms with E-state index in [0.717, 1.165) is 10.1 Å². The third kappa shape index (κ3) is 4.21. The summed E-state index contributed by atoms with van der Waals surface area (Å²) in [6.45, 7) is 0. The first-order chi connectivity index (χ1) is 16.5. The SMILES string of the molecule is O=C(c1cccc(Cc2cccs2)c1)c1c(O)n(C(=O)Oc2ccccc2)c2ccc(Cl)cc12. The number of halogens is 1. The smallest absolute Gasteiger partial charge is 0.426 e. The van der Waals surface area contributed by atoms with Gasteiger partial charge in [-0.3, -0.25) is 4.79 Å². The number of ether oxygens (including phenoxy) is 1. The van der Waals surface area contributed by atoms with Crippen LogP contribution in [0.25, 0.3) is 10.9 Å². The number of benzene rings is 3. The summed E-state index contributed by atoms with van der Waals surface area (Å²) in [6, 6.07) is 24.5. The van der Waals surface area contributed by atoms with Crippen LogP contribution in [0, 0.1) is 0 Å². The lowest BCUT2D eigenvalue weighted by Gasteiger charge is -2.07. The molecule has 2 heterocycles. The van der Waals surface area contributed by atoms with Gasteiger partial charge in [-0.2, -0.15) is 0 Å². The molecule has 0 atom stereocenters. The van der Waals surface area contributed by atoms with Gasteiger partial charge in [0.2, 0.25) is 5.88 Å². The fourth-order valence-corrected chi connectivity index (χ4v) is 4.79. The van der Waals surface area contributed by atoms with Crippen molar-refractivity contribution in [2.45, 2.75) is 6.42 Å². The lowest BCUT2D eigenvalue weighted by atomic mass is 9.99. The highest BCUT2D eigenvalue weighted by molar-refractivity contribution is 7.09. The molecule has 0 unspecified atom stereocenters. The highest BCUT2D eigenvalue weighted by Gasteiger charge is 2.27. The number of rotatable bonds is 5. The Morgan fingerprint density at radius 2 is 1.76 bits per heavy atom. The zero-order valence-electron chi connectivity index (χ0n) is 17.8. The number of nitrogens with zero attached hydrogens (tertiary/aromatic N) is 1. The number of fused-ring (bicyclic) bond motifs is 1. The van der Waals surface area contributed by atoms with Crippen molar-refractivity contribution in [2.24, 2.45) is 0 Å². The molecule has 3 aromatic carbocycles. The molecule has 5 aromatic rings. The van der Waals surface area contributed by atoms with Gasteiger partial charge in [0.15, 0.2) is 5.78 Å². The van der Waals surface area contributed by atoms with Crippen molar-refractivity contribution < 1.29 is 19.4 Å². The number of para-hydroxylation sites is 1. The molecule has 0 aliphatic heterocycles. The van der Waals surface area contributed by atoms with Crippen LogP contribution in [0.3, 0.4) is 0 Å². The van der Waals surface area contributed by atoms with Gasteiger partial charge in [0.25, 0.3) is 0 Å². The number of carbonyl (C=O) groups is 2. The second-order valence-electron chi connectivity index (χ2n) is 7.66. The molecule has 5 nitrogen and oxygen atoms in total. The van der Waals surface area contributed by atoms with Gasteiger partial charge in [0.05, 0.1) is 11.1 Å². The molecule has 0 spiro atoms. The summed E-state index contributed by atoms with van der Waals surface area (Å²) in [6.07, 6.45) is -0.136. The molecule has 7 heteroatoms. The van der Waals surface area contributed by atoms with Gasteiger partial charge < -0.3 is 9.84 Å². The molecule has 168 valence electrons. The molecule has 0 bridgehead atoms. The summed E-state index contributed by atoms with van der Waals surface area (Å²) >= 11 is 7.85. The quantitative estimate of drug-likeness (QED) is 0.273. The highest BCUT2D eigenvalue weighted by atomic mass is 35.5. The van der Waals surface area contributed by atoms with Crippen molar-refractivity contribution in [1.29, 1.82) is 0 Å². The molecule has 0 radical (unpaired) electrons. The summed E-state index contributed by atoms with van der Waals surface area (Å²) in [5.74, 6) is -0.590. The van der Waals surface area contributed by atoms with Crippen LogP contribution in [-0.4, -0.2) is 21.6 Å². The second-order valence-corrected chi connectivity index (χ2v) is 9.13. The molecule has 0 saturated heterocycles. The van der Waals surface area contributed by atoms with Crippen LogP contribution in [-0.2, 0) is 6.42 Å². The number of hydrogen-bond donors (Lipinski definition) is 1. The van der Waals surface area contributed by atoms with E-state index in [0.29, 0.717) is 33.7 Å². The number of thiophene rings is 1. The average molecular weight is 488 g/mol. The first-order valence-electron chi connectivity index (χ1n) is 10.5. The van der Waals surface area contributed by atoms with Crippen LogP contribution in [0.2, 0.25) is 5.02 Å². The Hall–Kier alpha value is -3.87. The summed E-state index contributed by atoms with van der Waals surface area (Å²) in [5, 5.41) is 13.8. The number of ketones is 1. The first-order valence-corrected chi connectivity index (χ1v) is 11.7. The van der Waals surface area contributed by atoms with Crippen molar-refractivity contribution in [1.82, 2.24) is 4.57 Å². The molecule has 0 saturated carbocycles. The van der Waals surface area contributed by atoms with Gasteiger partial charge in [-0.1, -0.05) is 54.1 Å². The van der Waals surface area contributed by atoms with Gasteiger partial charge in [-0.05, 0) is 53.4 Å². The molecule has 0 fully saturated rings. The van der Waals surface area contributed by atoms with E-state index in [2.05, 4.69) is 0 Å². The lowest BCUT2D eigenvalue weighted by Crippen LogP contribution is -2.16. The highest BCUT2D eigenvalue weighted by Crippen LogP contribution is 2.35. The van der Waals surface area contributed by atoms with Crippen LogP contribution < -0.4 is 4.74 Å².